The van der Waals surface area contributed by atoms with Crippen LogP contribution in [0, 0.1) is 0 Å². The monoisotopic (exact) mass is 438 g/mol. The highest BCUT2D eigenvalue weighted by atomic mass is 19.4. The van der Waals surface area contributed by atoms with E-state index < -0.39 is 12.8 Å². The summed E-state index contributed by atoms with van der Waals surface area (Å²) in [5.41, 5.74) is 1.17. The summed E-state index contributed by atoms with van der Waals surface area (Å²) in [7, 11) is 1.99. The fourth-order valence-electron chi connectivity index (χ4n) is 2.13. The number of carbonyl (C=O) groups excluding carboxylic acids is 1. The van der Waals surface area contributed by atoms with Crippen LogP contribution < -0.4 is 14.8 Å². The molecule has 31 heavy (non-hydrogen) atoms. The molecule has 168 valence electrons. The Hall–Kier alpha value is -3.14. The summed E-state index contributed by atoms with van der Waals surface area (Å²) in [6.07, 6.45) is 0.252. The smallest absolute Gasteiger partial charge is 0.422 e. The molecule has 0 saturated carbocycles. The van der Waals surface area contributed by atoms with Gasteiger partial charge in [0.2, 0.25) is 0 Å². The molecule has 0 aromatic carbocycles. The first-order chi connectivity index (χ1) is 14.6. The molecule has 1 N–H and O–H groups in total. The maximum atomic E-state index is 12.3. The van der Waals surface area contributed by atoms with E-state index in [9.17, 15) is 18.0 Å². The van der Waals surface area contributed by atoms with Gasteiger partial charge in [0, 0.05) is 24.0 Å². The molecule has 0 unspecified atom stereocenters. The first-order valence-electron chi connectivity index (χ1n) is 9.53. The molecule has 0 amide bonds. The minimum Gasteiger partial charge on any atom is -0.478 e. The Labute approximate surface area is 178 Å². The number of alkyl halides is 3. The lowest BCUT2D eigenvalue weighted by Gasteiger charge is -2.20. The first kappa shape index (κ1) is 24.1. The van der Waals surface area contributed by atoms with Gasteiger partial charge < -0.3 is 14.8 Å². The van der Waals surface area contributed by atoms with Crippen molar-refractivity contribution in [1.29, 1.82) is 0 Å². The van der Waals surface area contributed by atoms with E-state index in [0.717, 1.165) is 0 Å². The Kier molecular flexibility index (Phi) is 7.98. The van der Waals surface area contributed by atoms with E-state index in [4.69, 9.17) is 9.47 Å². The maximum Gasteiger partial charge on any atom is 0.422 e. The van der Waals surface area contributed by atoms with E-state index in [1.54, 1.807) is 18.3 Å². The number of ether oxygens (including phenoxy) is 2. The van der Waals surface area contributed by atoms with Crippen molar-refractivity contribution in [3.05, 3.63) is 48.4 Å². The van der Waals surface area contributed by atoms with Crippen LogP contribution in [0.25, 0.3) is 5.52 Å². The number of nitrogens with one attached hydrogen (secondary N) is 1. The highest BCUT2D eigenvalue weighted by Crippen LogP contribution is 2.30. The quantitative estimate of drug-likeness (QED) is 0.540. The zero-order valence-electron chi connectivity index (χ0n) is 17.7. The van der Waals surface area contributed by atoms with Crippen LogP contribution in [0.5, 0.6) is 17.4 Å². The lowest BCUT2D eigenvalue weighted by molar-refractivity contribution is -0.153. The van der Waals surface area contributed by atoms with Crippen LogP contribution >= 0.6 is 0 Å². The third-order valence-corrected chi connectivity index (χ3v) is 4.48. The molecule has 3 aromatic heterocycles. The Balaban J connectivity index is 0.000000423. The van der Waals surface area contributed by atoms with Crippen molar-refractivity contribution < 1.29 is 27.4 Å². The van der Waals surface area contributed by atoms with Gasteiger partial charge in [-0.3, -0.25) is 4.79 Å². The summed E-state index contributed by atoms with van der Waals surface area (Å²) in [5.74, 6) is 0.0911. The van der Waals surface area contributed by atoms with Gasteiger partial charge in [-0.15, -0.1) is 0 Å². The zero-order valence-corrected chi connectivity index (χ0v) is 17.7. The van der Waals surface area contributed by atoms with Crippen LogP contribution in [-0.4, -0.2) is 46.3 Å². The fourth-order valence-corrected chi connectivity index (χ4v) is 2.13. The number of aldehydes is 1. The van der Waals surface area contributed by atoms with Gasteiger partial charge in [0.25, 0.3) is 5.88 Å². The lowest BCUT2D eigenvalue weighted by atomic mass is 10.0. The third-order valence-electron chi connectivity index (χ3n) is 4.48. The van der Waals surface area contributed by atoms with Crippen molar-refractivity contribution in [3.63, 3.8) is 0 Å². The minimum absolute atomic E-state index is 0.0961. The molecule has 0 aliphatic rings. The summed E-state index contributed by atoms with van der Waals surface area (Å²) < 4.78 is 48.5. The molecule has 0 aliphatic heterocycles. The highest BCUT2D eigenvalue weighted by molar-refractivity contribution is 5.75. The van der Waals surface area contributed by atoms with Crippen LogP contribution in [0.2, 0.25) is 0 Å². The van der Waals surface area contributed by atoms with Gasteiger partial charge in [-0.2, -0.15) is 18.3 Å². The summed E-state index contributed by atoms with van der Waals surface area (Å²) in [6.45, 7) is 5.11. The second kappa shape index (κ2) is 10.3. The van der Waals surface area contributed by atoms with Crippen LogP contribution in [0.4, 0.5) is 13.2 Å². The largest absolute Gasteiger partial charge is 0.478 e. The number of halogens is 3. The zero-order chi connectivity index (χ0) is 23.1. The molecular formula is C21H25F3N4O3. The number of aromatic nitrogens is 3. The molecule has 3 heterocycles. The summed E-state index contributed by atoms with van der Waals surface area (Å²) in [4.78, 5) is 14.6. The fraction of sp³-hybridized carbons (Fsp3) is 0.381. The minimum atomic E-state index is -4.46. The molecule has 0 atom stereocenters. The van der Waals surface area contributed by atoms with E-state index in [0.29, 0.717) is 23.1 Å². The first-order valence-corrected chi connectivity index (χ1v) is 9.53. The predicted molar refractivity (Wildman–Crippen MR) is 110 cm³/mol. The Morgan fingerprint density at radius 2 is 1.97 bits per heavy atom. The van der Waals surface area contributed by atoms with Crippen LogP contribution in [0.15, 0.2) is 42.7 Å². The average Bonchev–Trinajstić information content (AvgIpc) is 3.15. The molecule has 0 bridgehead atoms. The highest BCUT2D eigenvalue weighted by Gasteiger charge is 2.29. The molecule has 0 saturated heterocycles. The van der Waals surface area contributed by atoms with Crippen molar-refractivity contribution in [2.45, 2.75) is 38.9 Å². The molecule has 7 nitrogen and oxygen atoms in total. The molecule has 0 aliphatic carbocycles. The van der Waals surface area contributed by atoms with Crippen molar-refractivity contribution in [1.82, 2.24) is 19.9 Å². The second-order valence-electron chi connectivity index (χ2n) is 7.22. The molecule has 0 spiro atoms. The van der Waals surface area contributed by atoms with Gasteiger partial charge in [-0.25, -0.2) is 9.50 Å². The van der Waals surface area contributed by atoms with Gasteiger partial charge in [0.1, 0.15) is 11.4 Å². The standard InChI is InChI=1S/C15H10F3N3O3.C6H15N/c16-15(17,18)9-23-13-2-1-4-19-14(13)24-12-3-5-21-11(7-12)6-10(8-22)20-21;1-5-6(2,3)7-4/h1-8H,9H2;7H,5H2,1-4H3. The third kappa shape index (κ3) is 7.56. The normalized spacial score (nSPS) is 11.6. The predicted octanol–water partition coefficient (Wildman–Crippen LogP) is 4.67. The summed E-state index contributed by atoms with van der Waals surface area (Å²) in [6, 6.07) is 7.42. The molecular weight excluding hydrogens is 413 g/mol. The van der Waals surface area contributed by atoms with E-state index >= 15 is 0 Å². The number of hydrogen-bond acceptors (Lipinski definition) is 6. The Bertz CT molecular complexity index is 997. The van der Waals surface area contributed by atoms with Crippen molar-refractivity contribution in [2.75, 3.05) is 13.7 Å². The molecule has 0 fully saturated rings. The second-order valence-corrected chi connectivity index (χ2v) is 7.22. The van der Waals surface area contributed by atoms with Gasteiger partial charge >= 0.3 is 6.18 Å². The van der Waals surface area contributed by atoms with Gasteiger partial charge in [-0.05, 0) is 51.6 Å². The maximum absolute atomic E-state index is 12.3. The Morgan fingerprint density at radius 3 is 2.55 bits per heavy atom. The van der Waals surface area contributed by atoms with E-state index in [1.165, 1.54) is 35.3 Å². The molecule has 3 aromatic rings. The average molecular weight is 438 g/mol. The summed E-state index contributed by atoms with van der Waals surface area (Å²) >= 11 is 0. The van der Waals surface area contributed by atoms with Crippen LogP contribution in [0.3, 0.4) is 0 Å². The van der Waals surface area contributed by atoms with E-state index in [1.807, 2.05) is 7.05 Å². The number of pyridine rings is 2. The van der Waals surface area contributed by atoms with Gasteiger partial charge in [0.15, 0.2) is 18.6 Å². The lowest BCUT2D eigenvalue weighted by Crippen LogP contribution is -2.34. The van der Waals surface area contributed by atoms with E-state index in [2.05, 4.69) is 36.2 Å². The number of nitrogens with zero attached hydrogens (tertiary/aromatic N) is 3. The van der Waals surface area contributed by atoms with Crippen LogP contribution in [0.1, 0.15) is 37.7 Å². The topological polar surface area (TPSA) is 77.8 Å². The molecule has 10 heteroatoms. The van der Waals surface area contributed by atoms with E-state index in [-0.39, 0.29) is 17.3 Å². The number of rotatable bonds is 7. The number of fused-ring (bicyclic) bond motifs is 1. The summed E-state index contributed by atoms with van der Waals surface area (Å²) in [5, 5.41) is 7.17. The molecule has 0 radical (unpaired) electrons. The Morgan fingerprint density at radius 1 is 1.23 bits per heavy atom. The van der Waals surface area contributed by atoms with Gasteiger partial charge in [-0.1, -0.05) is 6.92 Å². The van der Waals surface area contributed by atoms with Crippen molar-refractivity contribution in [2.24, 2.45) is 0 Å². The van der Waals surface area contributed by atoms with Gasteiger partial charge in [0.05, 0.1) is 5.52 Å². The van der Waals surface area contributed by atoms with Crippen molar-refractivity contribution in [3.8, 4) is 17.4 Å². The van der Waals surface area contributed by atoms with Crippen LogP contribution in [-0.2, 0) is 0 Å². The number of hydrogen-bond donors (Lipinski definition) is 1. The number of carbonyl (C=O) groups is 1. The molecule has 3 rings (SSSR count). The SMILES string of the molecule is CCC(C)(C)NC.O=Cc1cc2cc(Oc3ncccc3OCC(F)(F)F)ccn2n1. The van der Waals surface area contributed by atoms with Crippen molar-refractivity contribution >= 4 is 11.8 Å².